The van der Waals surface area contributed by atoms with Crippen LogP contribution in [-0.2, 0) is 6.42 Å². The number of phenolic OH excluding ortho intramolecular Hbond substituents is 1. The summed E-state index contributed by atoms with van der Waals surface area (Å²) >= 11 is 0. The van der Waals surface area contributed by atoms with Gasteiger partial charge in [0.2, 0.25) is 0 Å². The summed E-state index contributed by atoms with van der Waals surface area (Å²) in [7, 11) is -0.930. The number of phenols is 1. The van der Waals surface area contributed by atoms with Crippen molar-refractivity contribution in [3.63, 3.8) is 0 Å². The predicted octanol–water partition coefficient (Wildman–Crippen LogP) is 4.05. The molecule has 0 radical (unpaired) electrons. The van der Waals surface area contributed by atoms with E-state index in [-0.39, 0.29) is 0 Å². The molecule has 1 rings (SSSR count). The van der Waals surface area contributed by atoms with Gasteiger partial charge in [0, 0.05) is 8.07 Å². The van der Waals surface area contributed by atoms with Gasteiger partial charge in [-0.05, 0) is 18.1 Å². The smallest absolute Gasteiger partial charge is 0.118 e. The number of benzene rings is 1. The molecule has 0 heterocycles. The van der Waals surface area contributed by atoms with Gasteiger partial charge in [-0.1, -0.05) is 56.7 Å². The van der Waals surface area contributed by atoms with E-state index in [9.17, 15) is 5.11 Å². The van der Waals surface area contributed by atoms with E-state index >= 15 is 0 Å². The fourth-order valence-electron chi connectivity index (χ4n) is 1.66. The Labute approximate surface area is 94.2 Å². The van der Waals surface area contributed by atoms with Gasteiger partial charge in [-0.3, -0.25) is 0 Å². The molecule has 0 spiro atoms. The topological polar surface area (TPSA) is 20.2 Å². The molecule has 0 unspecified atom stereocenters. The first-order chi connectivity index (χ1) is 7.05. The molecule has 0 fully saturated rings. The summed E-state index contributed by atoms with van der Waals surface area (Å²) in [6, 6.07) is 10.4. The normalized spacial score (nSPS) is 11.7. The minimum absolute atomic E-state index is 0.452. The maximum absolute atomic E-state index is 9.61. The molecule has 1 aromatic rings. The number of hydrogen-bond acceptors (Lipinski definition) is 1. The third-order valence-electron chi connectivity index (χ3n) is 3.25. The van der Waals surface area contributed by atoms with Crippen LogP contribution in [0.25, 0.3) is 0 Å². The highest BCUT2D eigenvalue weighted by molar-refractivity contribution is 6.77. The Morgan fingerprint density at radius 2 is 1.87 bits per heavy atom. The molecule has 0 atom stereocenters. The predicted molar refractivity (Wildman–Crippen MR) is 69.2 cm³/mol. The van der Waals surface area contributed by atoms with Crippen LogP contribution in [0.15, 0.2) is 24.3 Å². The summed E-state index contributed by atoms with van der Waals surface area (Å²) in [4.78, 5) is 0. The Hall–Kier alpha value is -0.763. The Morgan fingerprint density at radius 1 is 1.20 bits per heavy atom. The highest BCUT2D eigenvalue weighted by Gasteiger charge is 2.16. The van der Waals surface area contributed by atoms with Crippen LogP contribution < -0.4 is 0 Å². The van der Waals surface area contributed by atoms with Gasteiger partial charge in [-0.2, -0.15) is 0 Å². The second-order valence-electron chi connectivity index (χ2n) is 5.00. The maximum Gasteiger partial charge on any atom is 0.118 e. The highest BCUT2D eigenvalue weighted by Crippen LogP contribution is 2.22. The number of rotatable bonds is 5. The molecule has 1 nitrogen and oxygen atoms in total. The average Bonchev–Trinajstić information content (AvgIpc) is 2.21. The van der Waals surface area contributed by atoms with E-state index in [0.717, 1.165) is 12.0 Å². The Morgan fingerprint density at radius 3 is 2.47 bits per heavy atom. The van der Waals surface area contributed by atoms with Crippen LogP contribution in [-0.4, -0.2) is 13.2 Å². The first kappa shape index (κ1) is 12.3. The van der Waals surface area contributed by atoms with Crippen molar-refractivity contribution in [3.05, 3.63) is 29.8 Å². The van der Waals surface area contributed by atoms with E-state index in [4.69, 9.17) is 0 Å². The molecule has 0 aliphatic rings. The van der Waals surface area contributed by atoms with Gasteiger partial charge >= 0.3 is 0 Å². The molecular formula is C13H22OSi. The number of aryl methyl sites for hydroxylation is 1. The van der Waals surface area contributed by atoms with Crippen molar-refractivity contribution in [2.45, 2.75) is 44.9 Å². The molecule has 1 N–H and O–H groups in total. The van der Waals surface area contributed by atoms with Gasteiger partial charge in [0.25, 0.3) is 0 Å². The van der Waals surface area contributed by atoms with Gasteiger partial charge in [0.1, 0.15) is 5.75 Å². The van der Waals surface area contributed by atoms with Gasteiger partial charge in [0.15, 0.2) is 0 Å². The molecule has 0 aliphatic heterocycles. The molecular weight excluding hydrogens is 200 g/mol. The van der Waals surface area contributed by atoms with Crippen LogP contribution in [0.5, 0.6) is 5.75 Å². The standard InChI is InChI=1S/C13H22OSi/c1-4-15(2,3)11-7-9-12-8-5-6-10-13(12)14/h5-6,8,10,14H,4,7,9,11H2,1-3H3. The number of aromatic hydroxyl groups is 1. The van der Waals surface area contributed by atoms with Crippen LogP contribution in [0, 0.1) is 0 Å². The van der Waals surface area contributed by atoms with E-state index in [0.29, 0.717) is 5.75 Å². The van der Waals surface area contributed by atoms with Crippen molar-refractivity contribution in [1.29, 1.82) is 0 Å². The summed E-state index contributed by atoms with van der Waals surface area (Å²) in [5.41, 5.74) is 1.10. The van der Waals surface area contributed by atoms with Crippen molar-refractivity contribution in [2.75, 3.05) is 0 Å². The van der Waals surface area contributed by atoms with Gasteiger partial charge < -0.3 is 5.11 Å². The van der Waals surface area contributed by atoms with E-state index in [1.807, 2.05) is 18.2 Å². The summed E-state index contributed by atoms with van der Waals surface area (Å²) in [5.74, 6) is 0.452. The molecule has 0 amide bonds. The average molecular weight is 222 g/mol. The monoisotopic (exact) mass is 222 g/mol. The second-order valence-corrected chi connectivity index (χ2v) is 10.5. The first-order valence-corrected chi connectivity index (χ1v) is 9.23. The summed E-state index contributed by atoms with van der Waals surface area (Å²) in [5, 5.41) is 9.61. The minimum Gasteiger partial charge on any atom is -0.508 e. The van der Waals surface area contributed by atoms with E-state index < -0.39 is 8.07 Å². The van der Waals surface area contributed by atoms with Crippen LogP contribution in [0.2, 0.25) is 25.2 Å². The molecule has 0 saturated carbocycles. The molecule has 1 aromatic carbocycles. The van der Waals surface area contributed by atoms with E-state index in [1.165, 1.54) is 18.5 Å². The van der Waals surface area contributed by atoms with Crippen LogP contribution in [0.4, 0.5) is 0 Å². The lowest BCUT2D eigenvalue weighted by Gasteiger charge is -2.19. The maximum atomic E-state index is 9.61. The van der Waals surface area contributed by atoms with Crippen LogP contribution in [0.3, 0.4) is 0 Å². The zero-order chi connectivity index (χ0) is 11.3. The third-order valence-corrected chi connectivity index (χ3v) is 6.87. The van der Waals surface area contributed by atoms with Crippen LogP contribution in [0.1, 0.15) is 18.9 Å². The number of para-hydroxylation sites is 1. The van der Waals surface area contributed by atoms with Gasteiger partial charge in [0.05, 0.1) is 0 Å². The van der Waals surface area contributed by atoms with Crippen LogP contribution >= 0.6 is 0 Å². The third kappa shape index (κ3) is 4.08. The zero-order valence-corrected chi connectivity index (χ0v) is 11.1. The van der Waals surface area contributed by atoms with Crippen molar-refractivity contribution < 1.29 is 5.11 Å². The van der Waals surface area contributed by atoms with Gasteiger partial charge in [-0.25, -0.2) is 0 Å². The van der Waals surface area contributed by atoms with Crippen molar-refractivity contribution in [3.8, 4) is 5.75 Å². The lowest BCUT2D eigenvalue weighted by atomic mass is 10.1. The molecule has 0 aliphatic carbocycles. The SMILES string of the molecule is CC[Si](C)(C)CCCc1ccccc1O. The van der Waals surface area contributed by atoms with Gasteiger partial charge in [-0.15, -0.1) is 0 Å². The molecule has 0 aromatic heterocycles. The Kier molecular flexibility index (Phi) is 4.39. The first-order valence-electron chi connectivity index (χ1n) is 5.82. The molecule has 15 heavy (non-hydrogen) atoms. The fourth-order valence-corrected chi connectivity index (χ4v) is 3.14. The quantitative estimate of drug-likeness (QED) is 0.745. The fraction of sp³-hybridized carbons (Fsp3) is 0.538. The molecule has 2 heteroatoms. The van der Waals surface area contributed by atoms with Crippen molar-refractivity contribution >= 4 is 8.07 Å². The summed E-state index contributed by atoms with van der Waals surface area (Å²) < 4.78 is 0. The lowest BCUT2D eigenvalue weighted by Crippen LogP contribution is -2.23. The lowest BCUT2D eigenvalue weighted by molar-refractivity contribution is 0.467. The molecule has 84 valence electrons. The summed E-state index contributed by atoms with van der Waals surface area (Å²) in [6.45, 7) is 7.18. The van der Waals surface area contributed by atoms with Crippen molar-refractivity contribution in [2.24, 2.45) is 0 Å². The zero-order valence-electron chi connectivity index (χ0n) is 10.1. The second kappa shape index (κ2) is 5.36. The Balaban J connectivity index is 2.42. The number of hydrogen-bond donors (Lipinski definition) is 1. The minimum atomic E-state index is -0.930. The highest BCUT2D eigenvalue weighted by atomic mass is 28.3. The van der Waals surface area contributed by atoms with E-state index in [2.05, 4.69) is 20.0 Å². The molecule has 0 bridgehead atoms. The Bertz CT molecular complexity index is 307. The van der Waals surface area contributed by atoms with E-state index in [1.54, 1.807) is 6.07 Å². The largest absolute Gasteiger partial charge is 0.508 e. The van der Waals surface area contributed by atoms with Crippen molar-refractivity contribution in [1.82, 2.24) is 0 Å². The molecule has 0 saturated heterocycles. The summed E-state index contributed by atoms with van der Waals surface area (Å²) in [6.07, 6.45) is 2.23.